The number of hydrazone groups is 1. The van der Waals surface area contributed by atoms with E-state index in [-0.39, 0.29) is 17.0 Å². The zero-order chi connectivity index (χ0) is 19.3. The summed E-state index contributed by atoms with van der Waals surface area (Å²) in [7, 11) is 1.22. The molecule has 13 nitrogen and oxygen atoms in total. The van der Waals surface area contributed by atoms with Gasteiger partial charge in [-0.05, 0) is 6.07 Å². The molecule has 2 aromatic rings. The maximum absolute atomic E-state index is 11.7. The number of nitrogens with one attached hydrogen (secondary N) is 3. The number of carbonyl (C=O) groups is 1. The number of hydrogen-bond donors (Lipinski definition) is 4. The zero-order valence-corrected chi connectivity index (χ0v) is 13.2. The third-order valence-electron chi connectivity index (χ3n) is 3.01. The molecule has 2 rings (SSSR count). The summed E-state index contributed by atoms with van der Waals surface area (Å²) in [5.41, 5.74) is -0.170. The predicted molar refractivity (Wildman–Crippen MR) is 86.2 cm³/mol. The number of amides is 1. The van der Waals surface area contributed by atoms with Crippen LogP contribution in [-0.2, 0) is 11.2 Å². The zero-order valence-electron chi connectivity index (χ0n) is 13.2. The number of phenols is 1. The number of benzene rings is 1. The minimum Gasteiger partial charge on any atom is -0.500 e. The lowest BCUT2D eigenvalue weighted by Gasteiger charge is -2.05. The number of rotatable bonds is 6. The highest BCUT2D eigenvalue weighted by Gasteiger charge is 2.19. The third-order valence-corrected chi connectivity index (χ3v) is 3.01. The second-order valence-corrected chi connectivity index (χ2v) is 4.77. The summed E-state index contributed by atoms with van der Waals surface area (Å²) in [5.74, 6) is -1.50. The van der Waals surface area contributed by atoms with Gasteiger partial charge in [0.15, 0.2) is 5.75 Å². The Kier molecular flexibility index (Phi) is 5.42. The molecule has 0 aliphatic heterocycles. The number of nitro groups is 1. The van der Waals surface area contributed by atoms with Gasteiger partial charge in [0.05, 0.1) is 24.7 Å². The number of carbonyl (C=O) groups excluding carboxylic acids is 1. The molecule has 0 unspecified atom stereocenters. The Hall–Kier alpha value is -4.03. The van der Waals surface area contributed by atoms with Gasteiger partial charge in [-0.15, -0.1) is 0 Å². The minimum atomic E-state index is -0.813. The Balaban J connectivity index is 2.11. The highest BCUT2D eigenvalue weighted by molar-refractivity contribution is 5.85. The second kappa shape index (κ2) is 7.69. The number of nitro benzene ring substituents is 1. The molecular weight excluding hydrogens is 352 g/mol. The Morgan fingerprint density at radius 1 is 1.50 bits per heavy atom. The van der Waals surface area contributed by atoms with Crippen molar-refractivity contribution >= 4 is 17.8 Å². The topological polar surface area (TPSA) is 193 Å². The lowest BCUT2D eigenvalue weighted by Crippen LogP contribution is -2.31. The Morgan fingerprint density at radius 3 is 2.85 bits per heavy atom. The molecule has 0 spiro atoms. The number of hydrogen-bond acceptors (Lipinski definition) is 9. The molecule has 0 radical (unpaired) electrons. The molecule has 1 aromatic heterocycles. The normalized spacial score (nSPS) is 10.7. The molecule has 136 valence electrons. The standard InChI is InChI=1S/C13H12N6O7/c1-26-9-3-6(2-8(11(9)21)19(24)25)5-14-17-10(20)4-7-12(22)15-13(23)18-16-7/h2-3,5,21H,4H2,1H3,(H,17,20)(H2,15,18,22,23)/b14-5-. The summed E-state index contributed by atoms with van der Waals surface area (Å²) in [6.07, 6.45) is 0.625. The van der Waals surface area contributed by atoms with Crippen molar-refractivity contribution in [1.82, 2.24) is 20.6 Å². The van der Waals surface area contributed by atoms with Crippen molar-refractivity contribution in [2.75, 3.05) is 7.11 Å². The number of ether oxygens (including phenoxy) is 1. The van der Waals surface area contributed by atoms with Crippen molar-refractivity contribution < 1.29 is 19.6 Å². The van der Waals surface area contributed by atoms with Crippen LogP contribution in [0.3, 0.4) is 0 Å². The maximum atomic E-state index is 11.7. The first-order valence-electron chi connectivity index (χ1n) is 6.87. The van der Waals surface area contributed by atoms with E-state index >= 15 is 0 Å². The molecule has 0 atom stereocenters. The van der Waals surface area contributed by atoms with Crippen LogP contribution in [0.15, 0.2) is 26.8 Å². The minimum absolute atomic E-state index is 0.143. The first kappa shape index (κ1) is 18.3. The van der Waals surface area contributed by atoms with Gasteiger partial charge in [0.2, 0.25) is 11.7 Å². The fourth-order valence-corrected chi connectivity index (χ4v) is 1.85. The van der Waals surface area contributed by atoms with E-state index in [9.17, 15) is 29.6 Å². The first-order chi connectivity index (χ1) is 12.3. The Morgan fingerprint density at radius 2 is 2.23 bits per heavy atom. The highest BCUT2D eigenvalue weighted by Crippen LogP contribution is 2.36. The predicted octanol–water partition coefficient (Wildman–Crippen LogP) is -1.23. The van der Waals surface area contributed by atoms with Crippen LogP contribution in [-0.4, -0.2) is 44.4 Å². The van der Waals surface area contributed by atoms with Crippen LogP contribution in [0.1, 0.15) is 11.3 Å². The lowest BCUT2D eigenvalue weighted by atomic mass is 10.2. The molecule has 1 heterocycles. The van der Waals surface area contributed by atoms with E-state index in [1.807, 2.05) is 10.1 Å². The summed E-state index contributed by atoms with van der Waals surface area (Å²) >= 11 is 0. The molecular formula is C13H12N6O7. The Bertz CT molecular complexity index is 993. The van der Waals surface area contributed by atoms with Gasteiger partial charge in [-0.3, -0.25) is 24.7 Å². The Labute approximate surface area is 143 Å². The van der Waals surface area contributed by atoms with E-state index in [2.05, 4.69) is 15.6 Å². The van der Waals surface area contributed by atoms with E-state index in [0.29, 0.717) is 0 Å². The number of H-pyrrole nitrogens is 2. The highest BCUT2D eigenvalue weighted by atomic mass is 16.6. The molecule has 4 N–H and O–H groups in total. The van der Waals surface area contributed by atoms with Gasteiger partial charge in [-0.2, -0.15) is 10.2 Å². The third kappa shape index (κ3) is 4.28. The summed E-state index contributed by atoms with van der Waals surface area (Å²) in [4.78, 5) is 46.0. The van der Waals surface area contributed by atoms with Crippen molar-refractivity contribution in [2.45, 2.75) is 6.42 Å². The monoisotopic (exact) mass is 364 g/mol. The van der Waals surface area contributed by atoms with E-state index in [1.54, 1.807) is 0 Å². The van der Waals surface area contributed by atoms with Crippen molar-refractivity contribution in [3.05, 3.63) is 54.3 Å². The second-order valence-electron chi connectivity index (χ2n) is 4.77. The van der Waals surface area contributed by atoms with Gasteiger partial charge in [0.25, 0.3) is 5.56 Å². The molecule has 0 saturated carbocycles. The van der Waals surface area contributed by atoms with Gasteiger partial charge in [-0.25, -0.2) is 15.3 Å². The molecule has 1 aromatic carbocycles. The number of phenolic OH excluding ortho intramolecular Hbond substituents is 1. The number of nitrogens with zero attached hydrogens (tertiary/aromatic N) is 3. The SMILES string of the molecule is COc1cc(/C=N\NC(=O)Cc2n[nH]c(=O)[nH]c2=O)cc([N+](=O)[O-])c1O. The smallest absolute Gasteiger partial charge is 0.342 e. The number of methoxy groups -OCH3 is 1. The molecule has 0 aliphatic rings. The van der Waals surface area contributed by atoms with Crippen LogP contribution in [0.2, 0.25) is 0 Å². The fourth-order valence-electron chi connectivity index (χ4n) is 1.85. The van der Waals surface area contributed by atoms with Crippen molar-refractivity contribution in [3.63, 3.8) is 0 Å². The number of aromatic nitrogens is 3. The van der Waals surface area contributed by atoms with Crippen LogP contribution >= 0.6 is 0 Å². The van der Waals surface area contributed by atoms with E-state index in [0.717, 1.165) is 12.3 Å². The summed E-state index contributed by atoms with van der Waals surface area (Å²) < 4.78 is 4.83. The molecule has 0 fully saturated rings. The molecule has 0 aliphatic carbocycles. The summed E-state index contributed by atoms with van der Waals surface area (Å²) in [5, 5.41) is 29.6. The fraction of sp³-hybridized carbons (Fsp3) is 0.154. The van der Waals surface area contributed by atoms with Crippen LogP contribution in [0.25, 0.3) is 0 Å². The van der Waals surface area contributed by atoms with Gasteiger partial charge >= 0.3 is 11.4 Å². The van der Waals surface area contributed by atoms with Crippen molar-refractivity contribution in [1.29, 1.82) is 0 Å². The van der Waals surface area contributed by atoms with Gasteiger partial charge in [0.1, 0.15) is 5.69 Å². The van der Waals surface area contributed by atoms with Gasteiger partial charge in [-0.1, -0.05) is 0 Å². The summed E-state index contributed by atoms with van der Waals surface area (Å²) in [6, 6.07) is 2.30. The van der Waals surface area contributed by atoms with E-state index in [4.69, 9.17) is 4.74 Å². The molecule has 26 heavy (non-hydrogen) atoms. The van der Waals surface area contributed by atoms with Crippen LogP contribution in [0, 0.1) is 10.1 Å². The van der Waals surface area contributed by atoms with Crippen molar-refractivity contribution in [3.8, 4) is 11.5 Å². The average Bonchev–Trinajstić information content (AvgIpc) is 2.58. The summed E-state index contributed by atoms with van der Waals surface area (Å²) in [6.45, 7) is 0. The quantitative estimate of drug-likeness (QED) is 0.278. The van der Waals surface area contributed by atoms with Crippen LogP contribution in [0.5, 0.6) is 11.5 Å². The van der Waals surface area contributed by atoms with Crippen LogP contribution in [0.4, 0.5) is 5.69 Å². The first-order valence-corrected chi connectivity index (χ1v) is 6.87. The lowest BCUT2D eigenvalue weighted by molar-refractivity contribution is -0.386. The van der Waals surface area contributed by atoms with Gasteiger partial charge in [0, 0.05) is 11.6 Å². The van der Waals surface area contributed by atoms with Gasteiger partial charge < -0.3 is 9.84 Å². The van der Waals surface area contributed by atoms with E-state index in [1.165, 1.54) is 13.2 Å². The average molecular weight is 364 g/mol. The molecule has 1 amide bonds. The van der Waals surface area contributed by atoms with Crippen molar-refractivity contribution in [2.24, 2.45) is 5.10 Å². The van der Waals surface area contributed by atoms with E-state index < -0.39 is 39.9 Å². The molecule has 13 heteroatoms. The molecule has 0 saturated heterocycles. The largest absolute Gasteiger partial charge is 0.500 e. The molecule has 0 bridgehead atoms. The van der Waals surface area contributed by atoms with Crippen LogP contribution < -0.4 is 21.4 Å². The number of aromatic hydroxyl groups is 1. The number of aromatic amines is 2. The maximum Gasteiger partial charge on any atom is 0.342 e.